The van der Waals surface area contributed by atoms with Crippen molar-refractivity contribution >= 4 is 5.69 Å². The highest BCUT2D eigenvalue weighted by molar-refractivity contribution is 5.45. The van der Waals surface area contributed by atoms with Crippen LogP contribution in [0.1, 0.15) is 12.7 Å². The average molecular weight is 188 g/mol. The Morgan fingerprint density at radius 3 is 2.64 bits per heavy atom. The number of nitrogens with zero attached hydrogens (tertiary/aromatic N) is 3. The summed E-state index contributed by atoms with van der Waals surface area (Å²) in [6, 6.07) is 7.65. The lowest BCUT2D eigenvalue weighted by molar-refractivity contribution is 0.883. The molecule has 0 aliphatic carbocycles. The van der Waals surface area contributed by atoms with Crippen LogP contribution in [0.15, 0.2) is 30.6 Å². The Labute approximate surface area is 82.4 Å². The van der Waals surface area contributed by atoms with Crippen molar-refractivity contribution in [2.75, 3.05) is 5.73 Å². The normalized spacial score (nSPS) is 10.4. The van der Waals surface area contributed by atoms with Gasteiger partial charge in [-0.3, -0.25) is 4.57 Å². The van der Waals surface area contributed by atoms with E-state index in [1.165, 1.54) is 0 Å². The lowest BCUT2D eigenvalue weighted by atomic mass is 10.3. The molecule has 2 rings (SSSR count). The molecule has 0 spiro atoms. The molecule has 4 heteroatoms. The Morgan fingerprint density at radius 2 is 2.00 bits per heavy atom. The Balaban J connectivity index is 2.44. The van der Waals surface area contributed by atoms with E-state index in [0.29, 0.717) is 0 Å². The van der Waals surface area contributed by atoms with Gasteiger partial charge in [-0.15, -0.1) is 10.2 Å². The largest absolute Gasteiger partial charge is 0.399 e. The van der Waals surface area contributed by atoms with Crippen molar-refractivity contribution in [2.24, 2.45) is 0 Å². The van der Waals surface area contributed by atoms with Crippen molar-refractivity contribution in [1.82, 2.24) is 14.8 Å². The Bertz CT molecular complexity index is 416. The van der Waals surface area contributed by atoms with Crippen LogP contribution in [0.25, 0.3) is 5.69 Å². The number of nitrogen functional groups attached to an aromatic ring is 1. The summed E-state index contributed by atoms with van der Waals surface area (Å²) < 4.78 is 1.96. The average Bonchev–Trinajstić information content (AvgIpc) is 2.67. The van der Waals surface area contributed by atoms with E-state index in [2.05, 4.69) is 17.1 Å². The zero-order chi connectivity index (χ0) is 9.97. The number of rotatable bonds is 2. The Hall–Kier alpha value is -1.84. The molecule has 0 aliphatic heterocycles. The van der Waals surface area contributed by atoms with Gasteiger partial charge in [0.1, 0.15) is 12.2 Å². The lowest BCUT2D eigenvalue weighted by Gasteiger charge is -2.04. The number of hydrogen-bond donors (Lipinski definition) is 1. The third-order valence-electron chi connectivity index (χ3n) is 2.11. The molecule has 14 heavy (non-hydrogen) atoms. The van der Waals surface area contributed by atoms with Crippen molar-refractivity contribution in [3.63, 3.8) is 0 Å². The predicted molar refractivity (Wildman–Crippen MR) is 55.1 cm³/mol. The molecule has 0 saturated carbocycles. The zero-order valence-corrected chi connectivity index (χ0v) is 8.01. The molecule has 72 valence electrons. The first-order chi connectivity index (χ1) is 6.81. The molecule has 0 aliphatic rings. The summed E-state index contributed by atoms with van der Waals surface area (Å²) in [5.41, 5.74) is 7.42. The summed E-state index contributed by atoms with van der Waals surface area (Å²) in [5.74, 6) is 0.953. The van der Waals surface area contributed by atoms with E-state index in [1.807, 2.05) is 28.8 Å². The van der Waals surface area contributed by atoms with E-state index in [9.17, 15) is 0 Å². The molecule has 1 heterocycles. The maximum absolute atomic E-state index is 5.61. The Morgan fingerprint density at radius 1 is 1.29 bits per heavy atom. The van der Waals surface area contributed by atoms with Gasteiger partial charge in [-0.1, -0.05) is 6.92 Å². The molecule has 0 unspecified atom stereocenters. The summed E-state index contributed by atoms with van der Waals surface area (Å²) in [6.07, 6.45) is 2.58. The molecule has 0 atom stereocenters. The fraction of sp³-hybridized carbons (Fsp3) is 0.200. The van der Waals surface area contributed by atoms with Crippen molar-refractivity contribution in [3.8, 4) is 5.69 Å². The number of hydrogen-bond acceptors (Lipinski definition) is 3. The number of aryl methyl sites for hydroxylation is 1. The first-order valence-electron chi connectivity index (χ1n) is 4.56. The molecule has 0 radical (unpaired) electrons. The maximum Gasteiger partial charge on any atom is 0.137 e. The molecule has 4 nitrogen and oxygen atoms in total. The molecule has 0 fully saturated rings. The summed E-state index contributed by atoms with van der Waals surface area (Å²) in [7, 11) is 0. The van der Waals surface area contributed by atoms with E-state index in [4.69, 9.17) is 5.73 Å². The molecule has 0 saturated heterocycles. The van der Waals surface area contributed by atoms with Crippen molar-refractivity contribution in [1.29, 1.82) is 0 Å². The second kappa shape index (κ2) is 3.49. The third kappa shape index (κ3) is 1.46. The van der Waals surface area contributed by atoms with Gasteiger partial charge < -0.3 is 5.73 Å². The van der Waals surface area contributed by atoms with Crippen LogP contribution in [0.3, 0.4) is 0 Å². The maximum atomic E-state index is 5.61. The second-order valence-electron chi connectivity index (χ2n) is 3.06. The first-order valence-corrected chi connectivity index (χ1v) is 4.56. The Kier molecular flexibility index (Phi) is 2.18. The van der Waals surface area contributed by atoms with Crippen LogP contribution in [0, 0.1) is 0 Å². The molecule has 2 N–H and O–H groups in total. The van der Waals surface area contributed by atoms with Crippen LogP contribution in [0.5, 0.6) is 0 Å². The van der Waals surface area contributed by atoms with Crippen LogP contribution >= 0.6 is 0 Å². The SMILES string of the molecule is CCc1nncn1-c1ccc(N)cc1. The summed E-state index contributed by atoms with van der Waals surface area (Å²) >= 11 is 0. The standard InChI is InChI=1S/C10H12N4/c1-2-10-13-12-7-14(10)9-5-3-8(11)4-6-9/h3-7H,2,11H2,1H3. The van der Waals surface area contributed by atoms with E-state index in [0.717, 1.165) is 23.6 Å². The van der Waals surface area contributed by atoms with Gasteiger partial charge in [0.15, 0.2) is 0 Å². The van der Waals surface area contributed by atoms with Gasteiger partial charge in [-0.05, 0) is 24.3 Å². The van der Waals surface area contributed by atoms with Crippen LogP contribution in [0.2, 0.25) is 0 Å². The smallest absolute Gasteiger partial charge is 0.137 e. The summed E-state index contributed by atoms with van der Waals surface area (Å²) in [4.78, 5) is 0. The lowest BCUT2D eigenvalue weighted by Crippen LogP contribution is -1.98. The monoisotopic (exact) mass is 188 g/mol. The topological polar surface area (TPSA) is 56.7 Å². The molecule has 1 aromatic heterocycles. The minimum Gasteiger partial charge on any atom is -0.399 e. The zero-order valence-electron chi connectivity index (χ0n) is 8.01. The number of aromatic nitrogens is 3. The van der Waals surface area contributed by atoms with E-state index >= 15 is 0 Å². The van der Waals surface area contributed by atoms with Gasteiger partial charge in [0, 0.05) is 17.8 Å². The molecule has 0 amide bonds. The number of benzene rings is 1. The fourth-order valence-corrected chi connectivity index (χ4v) is 1.35. The van der Waals surface area contributed by atoms with Crippen LogP contribution in [0.4, 0.5) is 5.69 Å². The van der Waals surface area contributed by atoms with E-state index in [-0.39, 0.29) is 0 Å². The summed E-state index contributed by atoms with van der Waals surface area (Å²) in [5, 5.41) is 7.89. The molecule has 2 aromatic rings. The predicted octanol–water partition coefficient (Wildman–Crippen LogP) is 1.41. The van der Waals surface area contributed by atoms with Gasteiger partial charge in [-0.2, -0.15) is 0 Å². The highest BCUT2D eigenvalue weighted by Crippen LogP contribution is 2.12. The second-order valence-corrected chi connectivity index (χ2v) is 3.06. The van der Waals surface area contributed by atoms with Crippen molar-refractivity contribution in [2.45, 2.75) is 13.3 Å². The van der Waals surface area contributed by atoms with Crippen LogP contribution in [-0.2, 0) is 6.42 Å². The highest BCUT2D eigenvalue weighted by Gasteiger charge is 2.02. The molecular weight excluding hydrogens is 176 g/mol. The highest BCUT2D eigenvalue weighted by atomic mass is 15.3. The van der Waals surface area contributed by atoms with E-state index in [1.54, 1.807) is 6.33 Å². The van der Waals surface area contributed by atoms with Gasteiger partial charge in [0.25, 0.3) is 0 Å². The fourth-order valence-electron chi connectivity index (χ4n) is 1.35. The quantitative estimate of drug-likeness (QED) is 0.725. The molecular formula is C10H12N4. The number of anilines is 1. The molecule has 0 bridgehead atoms. The molecule has 1 aromatic carbocycles. The van der Waals surface area contributed by atoms with Gasteiger partial charge >= 0.3 is 0 Å². The third-order valence-corrected chi connectivity index (χ3v) is 2.11. The van der Waals surface area contributed by atoms with Gasteiger partial charge in [0.05, 0.1) is 0 Å². The minimum absolute atomic E-state index is 0.764. The van der Waals surface area contributed by atoms with Crippen LogP contribution < -0.4 is 5.73 Å². The van der Waals surface area contributed by atoms with Gasteiger partial charge in [0.2, 0.25) is 0 Å². The van der Waals surface area contributed by atoms with Crippen molar-refractivity contribution < 1.29 is 0 Å². The number of nitrogens with two attached hydrogens (primary N) is 1. The minimum atomic E-state index is 0.764. The summed E-state index contributed by atoms with van der Waals surface area (Å²) in [6.45, 7) is 2.05. The van der Waals surface area contributed by atoms with Crippen molar-refractivity contribution in [3.05, 3.63) is 36.4 Å². The van der Waals surface area contributed by atoms with Gasteiger partial charge in [-0.25, -0.2) is 0 Å². The van der Waals surface area contributed by atoms with E-state index < -0.39 is 0 Å². The van der Waals surface area contributed by atoms with Crippen LogP contribution in [-0.4, -0.2) is 14.8 Å². The first kappa shape index (κ1) is 8.74.